The van der Waals surface area contributed by atoms with Crippen LogP contribution in [0.2, 0.25) is 0 Å². The van der Waals surface area contributed by atoms with Crippen LogP contribution >= 0.6 is 0 Å². The zero-order chi connectivity index (χ0) is 19.7. The molecule has 0 radical (unpaired) electrons. The van der Waals surface area contributed by atoms with Crippen LogP contribution < -0.4 is 11.1 Å². The molecule has 1 aliphatic carbocycles. The topological polar surface area (TPSA) is 73.6 Å². The third-order valence-electron chi connectivity index (χ3n) is 6.99. The average molecular weight is 375 g/mol. The van der Waals surface area contributed by atoms with E-state index in [9.17, 15) is 4.79 Å². The number of carbonyl (C=O) groups excluding carboxylic acids is 1. The molecule has 0 bridgehead atoms. The van der Waals surface area contributed by atoms with Crippen LogP contribution in [0.5, 0.6) is 0 Å². The third kappa shape index (κ3) is 3.41. The SMILES string of the molecule is CCOC1CC(N)(C(=O)NCC2(c3ccccc3C)CCOCC2)C1(C)C. The second kappa shape index (κ2) is 7.53. The van der Waals surface area contributed by atoms with E-state index in [-0.39, 0.29) is 22.8 Å². The van der Waals surface area contributed by atoms with Gasteiger partial charge in [-0.2, -0.15) is 0 Å². The Balaban J connectivity index is 1.75. The third-order valence-corrected chi connectivity index (χ3v) is 6.99. The highest BCUT2D eigenvalue weighted by molar-refractivity contribution is 5.89. The lowest BCUT2D eigenvalue weighted by atomic mass is 9.54. The summed E-state index contributed by atoms with van der Waals surface area (Å²) in [5.41, 5.74) is 7.77. The summed E-state index contributed by atoms with van der Waals surface area (Å²) >= 11 is 0. The van der Waals surface area contributed by atoms with Crippen LogP contribution in [0, 0.1) is 12.3 Å². The highest BCUT2D eigenvalue weighted by Gasteiger charge is 2.63. The van der Waals surface area contributed by atoms with E-state index in [1.54, 1.807) is 0 Å². The van der Waals surface area contributed by atoms with Crippen molar-refractivity contribution in [2.75, 3.05) is 26.4 Å². The first-order chi connectivity index (χ1) is 12.8. The van der Waals surface area contributed by atoms with Gasteiger partial charge in [-0.25, -0.2) is 0 Å². The lowest BCUT2D eigenvalue weighted by molar-refractivity contribution is -0.171. The number of nitrogens with two attached hydrogens (primary N) is 1. The number of hydrogen-bond donors (Lipinski definition) is 2. The molecule has 1 amide bonds. The largest absolute Gasteiger partial charge is 0.381 e. The summed E-state index contributed by atoms with van der Waals surface area (Å²) in [7, 11) is 0. The minimum Gasteiger partial charge on any atom is -0.381 e. The lowest BCUT2D eigenvalue weighted by Gasteiger charge is -2.57. The normalized spacial score (nSPS) is 29.0. The van der Waals surface area contributed by atoms with Crippen LogP contribution in [0.25, 0.3) is 0 Å². The molecule has 5 nitrogen and oxygen atoms in total. The Morgan fingerprint density at radius 3 is 2.56 bits per heavy atom. The van der Waals surface area contributed by atoms with E-state index in [1.807, 2.05) is 20.8 Å². The Hall–Kier alpha value is -1.43. The van der Waals surface area contributed by atoms with Gasteiger partial charge in [-0.05, 0) is 37.8 Å². The molecule has 1 heterocycles. The molecule has 27 heavy (non-hydrogen) atoms. The van der Waals surface area contributed by atoms with Gasteiger partial charge in [0.25, 0.3) is 0 Å². The predicted molar refractivity (Wildman–Crippen MR) is 107 cm³/mol. The first kappa shape index (κ1) is 20.3. The van der Waals surface area contributed by atoms with Crippen molar-refractivity contribution in [2.45, 2.75) is 64.0 Å². The van der Waals surface area contributed by atoms with Crippen molar-refractivity contribution in [1.82, 2.24) is 5.32 Å². The van der Waals surface area contributed by atoms with E-state index < -0.39 is 5.54 Å². The molecule has 2 aliphatic rings. The molecule has 1 aromatic rings. The van der Waals surface area contributed by atoms with Gasteiger partial charge in [-0.1, -0.05) is 38.1 Å². The molecule has 2 fully saturated rings. The molecule has 150 valence electrons. The van der Waals surface area contributed by atoms with Crippen LogP contribution in [0.15, 0.2) is 24.3 Å². The zero-order valence-electron chi connectivity index (χ0n) is 17.1. The Bertz CT molecular complexity index is 682. The highest BCUT2D eigenvalue weighted by Crippen LogP contribution is 2.50. The van der Waals surface area contributed by atoms with Gasteiger partial charge >= 0.3 is 0 Å². The highest BCUT2D eigenvalue weighted by atomic mass is 16.5. The van der Waals surface area contributed by atoms with Crippen molar-refractivity contribution in [3.63, 3.8) is 0 Å². The molecule has 5 heteroatoms. The summed E-state index contributed by atoms with van der Waals surface area (Å²) in [6.07, 6.45) is 2.41. The van der Waals surface area contributed by atoms with Gasteiger partial charge in [0.1, 0.15) is 5.54 Å². The molecule has 1 saturated carbocycles. The molecule has 2 unspecified atom stereocenters. The van der Waals surface area contributed by atoms with E-state index in [0.717, 1.165) is 26.1 Å². The summed E-state index contributed by atoms with van der Waals surface area (Å²) in [6.45, 7) is 10.8. The van der Waals surface area contributed by atoms with Gasteiger partial charge < -0.3 is 20.5 Å². The first-order valence-electron chi connectivity index (χ1n) is 10.1. The van der Waals surface area contributed by atoms with E-state index in [0.29, 0.717) is 19.6 Å². The van der Waals surface area contributed by atoms with Crippen molar-refractivity contribution in [3.05, 3.63) is 35.4 Å². The van der Waals surface area contributed by atoms with Gasteiger partial charge in [-0.3, -0.25) is 4.79 Å². The number of hydrogen-bond acceptors (Lipinski definition) is 4. The van der Waals surface area contributed by atoms with Crippen LogP contribution in [0.4, 0.5) is 0 Å². The van der Waals surface area contributed by atoms with Gasteiger partial charge in [0, 0.05) is 43.6 Å². The second-order valence-electron chi connectivity index (χ2n) is 8.73. The molecular formula is C22H34N2O3. The van der Waals surface area contributed by atoms with Crippen LogP contribution in [0.3, 0.4) is 0 Å². The van der Waals surface area contributed by atoms with E-state index in [1.165, 1.54) is 11.1 Å². The molecule has 2 atom stereocenters. The van der Waals surface area contributed by atoms with Crippen LogP contribution in [-0.2, 0) is 19.7 Å². The van der Waals surface area contributed by atoms with Crippen LogP contribution in [0.1, 0.15) is 51.2 Å². The van der Waals surface area contributed by atoms with Crippen molar-refractivity contribution in [2.24, 2.45) is 11.1 Å². The monoisotopic (exact) mass is 374 g/mol. The molecule has 1 aliphatic heterocycles. The number of amides is 1. The lowest BCUT2D eigenvalue weighted by Crippen LogP contribution is -2.76. The molecule has 1 aromatic carbocycles. The van der Waals surface area contributed by atoms with E-state index in [2.05, 4.69) is 36.5 Å². The molecule has 3 rings (SSSR count). The van der Waals surface area contributed by atoms with Crippen LogP contribution in [-0.4, -0.2) is 43.9 Å². The maximum Gasteiger partial charge on any atom is 0.240 e. The van der Waals surface area contributed by atoms with Gasteiger partial charge in [-0.15, -0.1) is 0 Å². The van der Waals surface area contributed by atoms with E-state index in [4.69, 9.17) is 15.2 Å². The predicted octanol–water partition coefficient (Wildman–Crippen LogP) is 2.69. The molecule has 0 aromatic heterocycles. The summed E-state index contributed by atoms with van der Waals surface area (Å²) in [5.74, 6) is -0.0668. The smallest absolute Gasteiger partial charge is 0.240 e. The number of ether oxygens (including phenoxy) is 2. The Morgan fingerprint density at radius 2 is 1.96 bits per heavy atom. The number of nitrogens with one attached hydrogen (secondary N) is 1. The number of aryl methyl sites for hydroxylation is 1. The maximum atomic E-state index is 13.1. The fourth-order valence-electron chi connectivity index (χ4n) is 4.70. The Labute approximate surface area is 163 Å². The van der Waals surface area contributed by atoms with Gasteiger partial charge in [0.05, 0.1) is 6.10 Å². The number of rotatable bonds is 6. The summed E-state index contributed by atoms with van der Waals surface area (Å²) < 4.78 is 11.4. The molecule has 3 N–H and O–H groups in total. The number of carbonyl (C=O) groups is 1. The minimum atomic E-state index is -0.884. The minimum absolute atomic E-state index is 0.0339. The van der Waals surface area contributed by atoms with Gasteiger partial charge in [0.15, 0.2) is 0 Å². The molecule has 1 saturated heterocycles. The fourth-order valence-corrected chi connectivity index (χ4v) is 4.70. The van der Waals surface area contributed by atoms with Crippen molar-refractivity contribution < 1.29 is 14.3 Å². The van der Waals surface area contributed by atoms with Crippen molar-refractivity contribution in [3.8, 4) is 0 Å². The maximum absolute atomic E-state index is 13.1. The summed E-state index contributed by atoms with van der Waals surface area (Å²) in [4.78, 5) is 13.1. The average Bonchev–Trinajstić information content (AvgIpc) is 2.66. The standard InChI is InChI=1S/C22H34N2O3/c1-5-27-18-14-22(23,20(18,3)4)19(25)24-15-21(10-12-26-13-11-21)17-9-7-6-8-16(17)2/h6-9,18H,5,10-15,23H2,1-4H3,(H,24,25). The first-order valence-corrected chi connectivity index (χ1v) is 10.1. The molecule has 0 spiro atoms. The quantitative estimate of drug-likeness (QED) is 0.803. The van der Waals surface area contributed by atoms with E-state index >= 15 is 0 Å². The Kier molecular flexibility index (Phi) is 5.67. The Morgan fingerprint density at radius 1 is 1.30 bits per heavy atom. The van der Waals surface area contributed by atoms with Crippen molar-refractivity contribution in [1.29, 1.82) is 0 Å². The molecular weight excluding hydrogens is 340 g/mol. The summed E-state index contributed by atoms with van der Waals surface area (Å²) in [5, 5.41) is 3.20. The second-order valence-corrected chi connectivity index (χ2v) is 8.73. The van der Waals surface area contributed by atoms with Crippen molar-refractivity contribution >= 4 is 5.91 Å². The zero-order valence-corrected chi connectivity index (χ0v) is 17.1. The van der Waals surface area contributed by atoms with Gasteiger partial charge in [0.2, 0.25) is 5.91 Å². The number of benzene rings is 1. The summed E-state index contributed by atoms with van der Waals surface area (Å²) in [6, 6.07) is 8.46. The fraction of sp³-hybridized carbons (Fsp3) is 0.682.